The highest BCUT2D eigenvalue weighted by Crippen LogP contribution is 2.23. The van der Waals surface area contributed by atoms with E-state index < -0.39 is 0 Å². The molecule has 1 atom stereocenters. The topological polar surface area (TPSA) is 49.4 Å². The van der Waals surface area contributed by atoms with Crippen molar-refractivity contribution in [1.82, 2.24) is 10.2 Å². The maximum atomic E-state index is 12.4. The molecule has 112 valence electrons. The van der Waals surface area contributed by atoms with E-state index in [1.54, 1.807) is 4.90 Å². The van der Waals surface area contributed by atoms with Crippen LogP contribution in [0.4, 0.5) is 0 Å². The highest BCUT2D eigenvalue weighted by molar-refractivity contribution is 5.91. The summed E-state index contributed by atoms with van der Waals surface area (Å²) in [6, 6.07) is 9.90. The average Bonchev–Trinajstić information content (AvgIpc) is 3.11. The number of amides is 2. The second kappa shape index (κ2) is 6.29. The first-order valence-electron chi connectivity index (χ1n) is 7.88. The van der Waals surface area contributed by atoms with Gasteiger partial charge in [-0.25, -0.2) is 0 Å². The number of carbonyl (C=O) groups excluding carboxylic acids is 2. The number of likely N-dealkylation sites (tertiary alicyclic amines) is 1. The predicted molar refractivity (Wildman–Crippen MR) is 80.4 cm³/mol. The number of rotatable bonds is 4. The predicted octanol–water partition coefficient (Wildman–Crippen LogP) is 2.24. The van der Waals surface area contributed by atoms with Crippen LogP contribution in [0.1, 0.15) is 44.1 Å². The van der Waals surface area contributed by atoms with Gasteiger partial charge in [-0.2, -0.15) is 0 Å². The highest BCUT2D eigenvalue weighted by Gasteiger charge is 2.36. The normalized spacial score (nSPS) is 22.8. The average molecular weight is 286 g/mol. The first-order valence-corrected chi connectivity index (χ1v) is 7.88. The molecule has 4 heteroatoms. The van der Waals surface area contributed by atoms with Crippen molar-refractivity contribution >= 4 is 11.8 Å². The van der Waals surface area contributed by atoms with E-state index in [1.165, 1.54) is 12.8 Å². The molecule has 1 unspecified atom stereocenters. The van der Waals surface area contributed by atoms with Crippen molar-refractivity contribution in [1.29, 1.82) is 0 Å². The Morgan fingerprint density at radius 3 is 2.57 bits per heavy atom. The maximum absolute atomic E-state index is 12.4. The van der Waals surface area contributed by atoms with Gasteiger partial charge < -0.3 is 10.2 Å². The van der Waals surface area contributed by atoms with E-state index in [9.17, 15) is 9.59 Å². The molecule has 1 N–H and O–H groups in total. The Labute approximate surface area is 125 Å². The second-order valence-electron chi connectivity index (χ2n) is 6.05. The van der Waals surface area contributed by atoms with E-state index >= 15 is 0 Å². The molecule has 1 heterocycles. The molecule has 0 radical (unpaired) electrons. The van der Waals surface area contributed by atoms with Gasteiger partial charge in [-0.3, -0.25) is 9.59 Å². The largest absolute Gasteiger partial charge is 0.352 e. The van der Waals surface area contributed by atoms with Crippen molar-refractivity contribution in [3.8, 4) is 0 Å². The fourth-order valence-electron chi connectivity index (χ4n) is 3.35. The van der Waals surface area contributed by atoms with E-state index in [1.807, 2.05) is 30.3 Å². The molecule has 0 spiro atoms. The fraction of sp³-hybridized carbons (Fsp3) is 0.529. The third-order valence-electron chi connectivity index (χ3n) is 4.53. The highest BCUT2D eigenvalue weighted by atomic mass is 16.2. The Hall–Kier alpha value is -1.84. The first-order chi connectivity index (χ1) is 10.2. The lowest BCUT2D eigenvalue weighted by Gasteiger charge is -2.25. The molecule has 0 aromatic heterocycles. The van der Waals surface area contributed by atoms with Crippen LogP contribution in [-0.4, -0.2) is 28.8 Å². The van der Waals surface area contributed by atoms with Crippen LogP contribution in [0, 0.1) is 0 Å². The minimum Gasteiger partial charge on any atom is -0.352 e. The van der Waals surface area contributed by atoms with Gasteiger partial charge in [0.1, 0.15) is 6.04 Å². The molecular weight excluding hydrogens is 264 g/mol. The van der Waals surface area contributed by atoms with Crippen molar-refractivity contribution < 1.29 is 9.59 Å². The van der Waals surface area contributed by atoms with Gasteiger partial charge in [0, 0.05) is 19.0 Å². The number of hydrogen-bond acceptors (Lipinski definition) is 2. The number of carbonyl (C=O) groups is 2. The van der Waals surface area contributed by atoms with E-state index in [2.05, 4.69) is 5.32 Å². The molecule has 1 saturated heterocycles. The quantitative estimate of drug-likeness (QED) is 0.923. The fourth-order valence-corrected chi connectivity index (χ4v) is 3.35. The van der Waals surface area contributed by atoms with Crippen LogP contribution in [0.5, 0.6) is 0 Å². The van der Waals surface area contributed by atoms with Gasteiger partial charge in [0.2, 0.25) is 11.8 Å². The summed E-state index contributed by atoms with van der Waals surface area (Å²) in [6.45, 7) is 0.530. The summed E-state index contributed by atoms with van der Waals surface area (Å²) in [5.41, 5.74) is 1.08. The SMILES string of the molecule is O=C(NC1CCCC1)C1CCC(=O)N1Cc1ccccc1. The van der Waals surface area contributed by atoms with Crippen molar-refractivity contribution in [2.75, 3.05) is 0 Å². The Balaban J connectivity index is 1.65. The second-order valence-corrected chi connectivity index (χ2v) is 6.05. The summed E-state index contributed by atoms with van der Waals surface area (Å²) >= 11 is 0. The molecule has 21 heavy (non-hydrogen) atoms. The van der Waals surface area contributed by atoms with Crippen molar-refractivity contribution in [3.63, 3.8) is 0 Å². The summed E-state index contributed by atoms with van der Waals surface area (Å²) in [4.78, 5) is 26.3. The third kappa shape index (κ3) is 3.26. The van der Waals surface area contributed by atoms with Gasteiger partial charge in [0.25, 0.3) is 0 Å². The van der Waals surface area contributed by atoms with Crippen LogP contribution < -0.4 is 5.32 Å². The number of hydrogen-bond donors (Lipinski definition) is 1. The van der Waals surface area contributed by atoms with E-state index in [4.69, 9.17) is 0 Å². The lowest BCUT2D eigenvalue weighted by Crippen LogP contribution is -2.47. The van der Waals surface area contributed by atoms with Gasteiger partial charge in [0.05, 0.1) is 0 Å². The van der Waals surface area contributed by atoms with Crippen LogP contribution >= 0.6 is 0 Å². The zero-order chi connectivity index (χ0) is 14.7. The standard InChI is InChI=1S/C17H22N2O2/c20-16-11-10-15(17(21)18-14-8-4-5-9-14)19(16)12-13-6-2-1-3-7-13/h1-3,6-7,14-15H,4-5,8-12H2,(H,18,21). The number of benzene rings is 1. The molecule has 1 saturated carbocycles. The van der Waals surface area contributed by atoms with Gasteiger partial charge in [-0.15, -0.1) is 0 Å². The Kier molecular flexibility index (Phi) is 4.23. The third-order valence-corrected chi connectivity index (χ3v) is 4.53. The molecular formula is C17H22N2O2. The molecule has 1 aliphatic heterocycles. The molecule has 1 aromatic rings. The summed E-state index contributed by atoms with van der Waals surface area (Å²) in [6.07, 6.45) is 5.67. The van der Waals surface area contributed by atoms with E-state index in [0.717, 1.165) is 18.4 Å². The van der Waals surface area contributed by atoms with E-state index in [-0.39, 0.29) is 17.9 Å². The maximum Gasteiger partial charge on any atom is 0.243 e. The molecule has 4 nitrogen and oxygen atoms in total. The van der Waals surface area contributed by atoms with Crippen molar-refractivity contribution in [3.05, 3.63) is 35.9 Å². The molecule has 2 amide bonds. The van der Waals surface area contributed by atoms with Crippen molar-refractivity contribution in [2.45, 2.75) is 57.2 Å². The number of nitrogens with one attached hydrogen (secondary N) is 1. The number of nitrogens with zero attached hydrogens (tertiary/aromatic N) is 1. The molecule has 2 aliphatic rings. The Morgan fingerprint density at radius 1 is 1.14 bits per heavy atom. The summed E-state index contributed by atoms with van der Waals surface area (Å²) in [5, 5.41) is 3.12. The first kappa shape index (κ1) is 14.1. The molecule has 3 rings (SSSR count). The zero-order valence-corrected chi connectivity index (χ0v) is 12.3. The van der Waals surface area contributed by atoms with Crippen molar-refractivity contribution in [2.24, 2.45) is 0 Å². The Bertz CT molecular complexity index is 509. The zero-order valence-electron chi connectivity index (χ0n) is 12.3. The van der Waals surface area contributed by atoms with Crippen LogP contribution in [0.15, 0.2) is 30.3 Å². The Morgan fingerprint density at radius 2 is 1.86 bits per heavy atom. The summed E-state index contributed by atoms with van der Waals surface area (Å²) in [5.74, 6) is 0.120. The summed E-state index contributed by atoms with van der Waals surface area (Å²) in [7, 11) is 0. The molecule has 2 fully saturated rings. The van der Waals surface area contributed by atoms with Crippen LogP contribution in [0.25, 0.3) is 0 Å². The van der Waals surface area contributed by atoms with Gasteiger partial charge in [-0.1, -0.05) is 43.2 Å². The minimum atomic E-state index is -0.293. The lowest BCUT2D eigenvalue weighted by molar-refractivity contribution is -0.136. The molecule has 1 aliphatic carbocycles. The van der Waals surface area contributed by atoms with Crippen LogP contribution in [0.2, 0.25) is 0 Å². The molecule has 0 bridgehead atoms. The van der Waals surface area contributed by atoms with E-state index in [0.29, 0.717) is 25.4 Å². The minimum absolute atomic E-state index is 0.0312. The van der Waals surface area contributed by atoms with Gasteiger partial charge in [-0.05, 0) is 24.8 Å². The van der Waals surface area contributed by atoms with Gasteiger partial charge in [0.15, 0.2) is 0 Å². The van der Waals surface area contributed by atoms with Crippen LogP contribution in [-0.2, 0) is 16.1 Å². The van der Waals surface area contributed by atoms with Crippen LogP contribution in [0.3, 0.4) is 0 Å². The monoisotopic (exact) mass is 286 g/mol. The summed E-state index contributed by atoms with van der Waals surface area (Å²) < 4.78 is 0. The molecule has 1 aromatic carbocycles. The van der Waals surface area contributed by atoms with Gasteiger partial charge >= 0.3 is 0 Å². The smallest absolute Gasteiger partial charge is 0.243 e. The lowest BCUT2D eigenvalue weighted by atomic mass is 10.1.